The van der Waals surface area contributed by atoms with Gasteiger partial charge in [0.05, 0.1) is 29.3 Å². The number of hydrogen-bond donors (Lipinski definition) is 1. The van der Waals surface area contributed by atoms with E-state index in [1.54, 1.807) is 18.2 Å². The number of likely N-dealkylation sites (tertiary alicyclic amines) is 1. The van der Waals surface area contributed by atoms with E-state index in [1.165, 1.54) is 4.90 Å². The Bertz CT molecular complexity index is 1140. The molecular weight excluding hydrogens is 480 g/mol. The molecular formula is C28H33ClN2O5. The molecule has 2 heterocycles. The van der Waals surface area contributed by atoms with Gasteiger partial charge in [0.15, 0.2) is 0 Å². The fourth-order valence-corrected chi connectivity index (χ4v) is 5.17. The molecule has 0 spiro atoms. The minimum absolute atomic E-state index is 0.0177. The van der Waals surface area contributed by atoms with Crippen molar-refractivity contribution in [2.75, 3.05) is 37.7 Å². The number of halogens is 1. The van der Waals surface area contributed by atoms with Crippen LogP contribution in [0.2, 0.25) is 5.02 Å². The first-order valence-corrected chi connectivity index (χ1v) is 12.9. The molecule has 2 saturated heterocycles. The maximum Gasteiger partial charge on any atom is 0.295 e. The van der Waals surface area contributed by atoms with Crippen molar-refractivity contribution in [1.82, 2.24) is 4.90 Å². The number of nitrogens with zero attached hydrogens (tertiary/aromatic N) is 2. The van der Waals surface area contributed by atoms with Gasteiger partial charge in [-0.2, -0.15) is 0 Å². The van der Waals surface area contributed by atoms with Crippen LogP contribution in [0.3, 0.4) is 0 Å². The van der Waals surface area contributed by atoms with Crippen molar-refractivity contribution in [3.05, 3.63) is 64.2 Å². The summed E-state index contributed by atoms with van der Waals surface area (Å²) in [6.45, 7) is 9.11. The molecule has 1 N–H and O–H groups in total. The van der Waals surface area contributed by atoms with Crippen LogP contribution in [0.15, 0.2) is 48.0 Å². The Morgan fingerprint density at radius 2 is 1.86 bits per heavy atom. The molecule has 0 aromatic heterocycles. The van der Waals surface area contributed by atoms with Crippen LogP contribution in [0.25, 0.3) is 5.76 Å². The van der Waals surface area contributed by atoms with Gasteiger partial charge in [-0.05, 0) is 69.5 Å². The van der Waals surface area contributed by atoms with Crippen LogP contribution in [-0.2, 0) is 14.3 Å². The molecule has 7 nitrogen and oxygen atoms in total. The third-order valence-electron chi connectivity index (χ3n) is 6.81. The molecule has 2 aromatic rings. The number of rotatable bonds is 9. The fraction of sp³-hybridized carbons (Fsp3) is 0.429. The zero-order valence-corrected chi connectivity index (χ0v) is 21.8. The number of benzene rings is 2. The van der Waals surface area contributed by atoms with Gasteiger partial charge in [0.25, 0.3) is 11.7 Å². The summed E-state index contributed by atoms with van der Waals surface area (Å²) in [7, 11) is 0. The molecule has 0 bridgehead atoms. The van der Waals surface area contributed by atoms with E-state index in [2.05, 4.69) is 18.7 Å². The van der Waals surface area contributed by atoms with Crippen LogP contribution in [0, 0.1) is 0 Å². The molecule has 0 aliphatic carbocycles. The summed E-state index contributed by atoms with van der Waals surface area (Å²) >= 11 is 6.42. The second-order valence-corrected chi connectivity index (χ2v) is 9.33. The summed E-state index contributed by atoms with van der Waals surface area (Å²) in [6, 6.07) is 11.9. The number of ketones is 1. The van der Waals surface area contributed by atoms with E-state index in [0.29, 0.717) is 19.0 Å². The molecule has 0 radical (unpaired) electrons. The lowest BCUT2D eigenvalue weighted by atomic mass is 9.94. The Balaban J connectivity index is 1.82. The third-order valence-corrected chi connectivity index (χ3v) is 7.14. The summed E-state index contributed by atoms with van der Waals surface area (Å²) in [6.07, 6.45) is 1.59. The third kappa shape index (κ3) is 5.08. The predicted octanol–water partition coefficient (Wildman–Crippen LogP) is 5.19. The number of anilines is 1. The lowest BCUT2D eigenvalue weighted by Gasteiger charge is -2.28. The molecule has 2 unspecified atom stereocenters. The molecule has 2 aliphatic heterocycles. The number of carbonyl (C=O) groups excluding carboxylic acids is 2. The highest BCUT2D eigenvalue weighted by atomic mass is 35.5. The number of carbonyl (C=O) groups is 2. The molecule has 8 heteroatoms. The number of Topliss-reactive ketones (excluding diaryl/α,β-unsaturated/α-hetero) is 1. The average Bonchev–Trinajstić information content (AvgIpc) is 3.48. The lowest BCUT2D eigenvalue weighted by Crippen LogP contribution is -2.36. The van der Waals surface area contributed by atoms with Gasteiger partial charge in [-0.15, -0.1) is 0 Å². The first kappa shape index (κ1) is 26.0. The molecule has 1 amide bonds. The minimum Gasteiger partial charge on any atom is -0.507 e. The van der Waals surface area contributed by atoms with Gasteiger partial charge in [0, 0.05) is 37.5 Å². The number of hydrogen-bond acceptors (Lipinski definition) is 6. The zero-order valence-electron chi connectivity index (χ0n) is 21.0. The monoisotopic (exact) mass is 512 g/mol. The van der Waals surface area contributed by atoms with Gasteiger partial charge in [-0.3, -0.25) is 9.59 Å². The quantitative estimate of drug-likeness (QED) is 0.283. The van der Waals surface area contributed by atoms with Gasteiger partial charge in [0.2, 0.25) is 0 Å². The fourth-order valence-electron chi connectivity index (χ4n) is 4.97. The van der Waals surface area contributed by atoms with Crippen LogP contribution >= 0.6 is 11.6 Å². The van der Waals surface area contributed by atoms with Gasteiger partial charge in [-0.1, -0.05) is 23.7 Å². The molecule has 2 aliphatic rings. The second-order valence-electron chi connectivity index (χ2n) is 8.92. The molecule has 4 rings (SSSR count). The molecule has 2 fully saturated rings. The number of aliphatic hydroxyl groups is 1. The Morgan fingerprint density at radius 3 is 2.47 bits per heavy atom. The largest absolute Gasteiger partial charge is 0.507 e. The van der Waals surface area contributed by atoms with Crippen molar-refractivity contribution in [2.45, 2.75) is 45.8 Å². The van der Waals surface area contributed by atoms with Crippen molar-refractivity contribution < 1.29 is 24.2 Å². The highest BCUT2D eigenvalue weighted by molar-refractivity contribution is 6.47. The average molecular weight is 513 g/mol. The maximum absolute atomic E-state index is 13.3. The number of amides is 1. The van der Waals surface area contributed by atoms with Crippen LogP contribution in [-0.4, -0.2) is 60.6 Å². The molecule has 192 valence electrons. The topological polar surface area (TPSA) is 79.3 Å². The van der Waals surface area contributed by atoms with Crippen LogP contribution in [0.5, 0.6) is 5.75 Å². The van der Waals surface area contributed by atoms with Crippen molar-refractivity contribution in [3.63, 3.8) is 0 Å². The molecule has 36 heavy (non-hydrogen) atoms. The standard InChI is InChI=1S/C28H33ClN2O5/c1-4-30(5-2)19-11-9-18(10-12-19)25-24(26(32)22-16-20(35-6-3)13-14-23(22)29)27(33)28(34)31(25)17-21-8-7-15-36-21/h9-14,16,21,25,32H,4-8,15,17H2,1-3H3/b26-24+. The summed E-state index contributed by atoms with van der Waals surface area (Å²) < 4.78 is 11.3. The molecule has 2 aromatic carbocycles. The van der Waals surface area contributed by atoms with Crippen molar-refractivity contribution >= 4 is 34.7 Å². The SMILES string of the molecule is CCOc1ccc(Cl)c(/C(O)=C2\C(=O)C(=O)N(CC3CCCO3)C2c2ccc(N(CC)CC)cc2)c1. The lowest BCUT2D eigenvalue weighted by molar-refractivity contribution is -0.140. The number of aliphatic hydroxyl groups excluding tert-OH is 1. The maximum atomic E-state index is 13.3. The van der Waals surface area contributed by atoms with E-state index in [0.717, 1.165) is 37.2 Å². The Hall–Kier alpha value is -3.03. The first-order valence-electron chi connectivity index (χ1n) is 12.6. The van der Waals surface area contributed by atoms with E-state index in [1.807, 2.05) is 31.2 Å². The zero-order chi connectivity index (χ0) is 25.8. The van der Waals surface area contributed by atoms with E-state index in [-0.39, 0.29) is 34.6 Å². The van der Waals surface area contributed by atoms with Gasteiger partial charge >= 0.3 is 0 Å². The smallest absolute Gasteiger partial charge is 0.295 e. The van der Waals surface area contributed by atoms with Crippen LogP contribution in [0.1, 0.15) is 50.8 Å². The normalized spacial score (nSPS) is 21.3. The summed E-state index contributed by atoms with van der Waals surface area (Å²) in [5, 5.41) is 11.7. The van der Waals surface area contributed by atoms with Crippen LogP contribution < -0.4 is 9.64 Å². The second kappa shape index (κ2) is 11.4. The predicted molar refractivity (Wildman–Crippen MR) is 141 cm³/mol. The Labute approximate surface area is 217 Å². The molecule has 2 atom stereocenters. The van der Waals surface area contributed by atoms with Crippen molar-refractivity contribution in [2.24, 2.45) is 0 Å². The highest BCUT2D eigenvalue weighted by Gasteiger charge is 2.47. The summed E-state index contributed by atoms with van der Waals surface area (Å²) in [4.78, 5) is 30.3. The highest BCUT2D eigenvalue weighted by Crippen LogP contribution is 2.42. The summed E-state index contributed by atoms with van der Waals surface area (Å²) in [5.41, 5.74) is 2.06. The minimum atomic E-state index is -0.758. The van der Waals surface area contributed by atoms with E-state index in [4.69, 9.17) is 21.1 Å². The first-order chi connectivity index (χ1) is 17.4. The van der Waals surface area contributed by atoms with Crippen molar-refractivity contribution in [3.8, 4) is 5.75 Å². The van der Waals surface area contributed by atoms with Gasteiger partial charge < -0.3 is 24.4 Å². The Kier molecular flexibility index (Phi) is 8.21. The summed E-state index contributed by atoms with van der Waals surface area (Å²) in [5.74, 6) is -1.19. The van der Waals surface area contributed by atoms with E-state index >= 15 is 0 Å². The van der Waals surface area contributed by atoms with Crippen molar-refractivity contribution in [1.29, 1.82) is 0 Å². The van der Waals surface area contributed by atoms with Crippen LogP contribution in [0.4, 0.5) is 5.69 Å². The van der Waals surface area contributed by atoms with Gasteiger partial charge in [-0.25, -0.2) is 0 Å². The van der Waals surface area contributed by atoms with Gasteiger partial charge in [0.1, 0.15) is 11.5 Å². The molecule has 0 saturated carbocycles. The Morgan fingerprint density at radius 1 is 1.14 bits per heavy atom. The van der Waals surface area contributed by atoms with E-state index in [9.17, 15) is 14.7 Å². The number of ether oxygens (including phenoxy) is 2. The van der Waals surface area contributed by atoms with E-state index < -0.39 is 17.7 Å².